The first-order valence-electron chi connectivity index (χ1n) is 9.04. The third kappa shape index (κ3) is 4.86. The van der Waals surface area contributed by atoms with Gasteiger partial charge >= 0.3 is 5.97 Å². The smallest absolute Gasteiger partial charge is 0.313 e. The standard InChI is InChI=1S/C20H30O2/c1-3-5-7-8-10-18-15-19(20(21)22-18)17-13-11-16(12-14-17)9-6-4-2/h11-14,18-19H,3-10,15H2,1-2H3/t18-,19+/m1/s1. The summed E-state index contributed by atoms with van der Waals surface area (Å²) in [5.41, 5.74) is 2.49. The van der Waals surface area contributed by atoms with E-state index in [0.717, 1.165) is 24.8 Å². The molecule has 2 nitrogen and oxygen atoms in total. The van der Waals surface area contributed by atoms with Crippen molar-refractivity contribution in [3.05, 3.63) is 35.4 Å². The van der Waals surface area contributed by atoms with Crippen molar-refractivity contribution in [3.63, 3.8) is 0 Å². The van der Waals surface area contributed by atoms with Gasteiger partial charge in [-0.3, -0.25) is 4.79 Å². The van der Waals surface area contributed by atoms with Crippen LogP contribution in [0.1, 0.15) is 82.3 Å². The molecule has 0 N–H and O–H groups in total. The molecule has 22 heavy (non-hydrogen) atoms. The summed E-state index contributed by atoms with van der Waals surface area (Å²) in [6.07, 6.45) is 10.5. The third-order valence-electron chi connectivity index (χ3n) is 4.65. The van der Waals surface area contributed by atoms with E-state index in [9.17, 15) is 4.79 Å². The second-order valence-electron chi connectivity index (χ2n) is 6.54. The summed E-state index contributed by atoms with van der Waals surface area (Å²) < 4.78 is 5.56. The fraction of sp³-hybridized carbons (Fsp3) is 0.650. The SMILES string of the molecule is CCCCCC[C@@H]1C[C@@H](c2ccc(CCCC)cc2)C(=O)O1. The summed E-state index contributed by atoms with van der Waals surface area (Å²) in [5, 5.41) is 0. The van der Waals surface area contributed by atoms with Crippen LogP contribution in [0, 0.1) is 0 Å². The number of benzene rings is 1. The van der Waals surface area contributed by atoms with Gasteiger partial charge in [-0.15, -0.1) is 0 Å². The predicted octanol–water partition coefficient (Wildman–Crippen LogP) is 5.40. The van der Waals surface area contributed by atoms with E-state index in [1.807, 2.05) is 0 Å². The zero-order valence-electron chi connectivity index (χ0n) is 14.1. The van der Waals surface area contributed by atoms with Gasteiger partial charge in [0.2, 0.25) is 0 Å². The number of ether oxygens (including phenoxy) is 1. The van der Waals surface area contributed by atoms with Crippen molar-refractivity contribution in [3.8, 4) is 0 Å². The molecule has 2 atom stereocenters. The molecule has 1 fully saturated rings. The van der Waals surface area contributed by atoms with E-state index in [4.69, 9.17) is 4.74 Å². The highest BCUT2D eigenvalue weighted by Gasteiger charge is 2.34. The average molecular weight is 302 g/mol. The van der Waals surface area contributed by atoms with Crippen LogP contribution in [-0.2, 0) is 16.0 Å². The maximum atomic E-state index is 12.1. The van der Waals surface area contributed by atoms with Crippen molar-refractivity contribution >= 4 is 5.97 Å². The number of carbonyl (C=O) groups is 1. The molecule has 0 aromatic heterocycles. The van der Waals surface area contributed by atoms with Gasteiger partial charge in [0.25, 0.3) is 0 Å². The van der Waals surface area contributed by atoms with E-state index < -0.39 is 0 Å². The summed E-state index contributed by atoms with van der Waals surface area (Å²) in [4.78, 5) is 12.1. The molecule has 0 bridgehead atoms. The zero-order chi connectivity index (χ0) is 15.8. The number of unbranched alkanes of at least 4 members (excludes halogenated alkanes) is 4. The minimum atomic E-state index is -0.0450. The number of aryl methyl sites for hydroxylation is 1. The minimum Gasteiger partial charge on any atom is -0.462 e. The van der Waals surface area contributed by atoms with Gasteiger partial charge in [0, 0.05) is 6.42 Å². The Labute approximate surface area is 135 Å². The Bertz CT molecular complexity index is 449. The van der Waals surface area contributed by atoms with Crippen LogP contribution in [0.5, 0.6) is 0 Å². The van der Waals surface area contributed by atoms with Crippen LogP contribution in [0.25, 0.3) is 0 Å². The van der Waals surface area contributed by atoms with Gasteiger partial charge in [0.05, 0.1) is 5.92 Å². The molecule has 1 aliphatic rings. The van der Waals surface area contributed by atoms with Crippen molar-refractivity contribution in [2.24, 2.45) is 0 Å². The highest BCUT2D eigenvalue weighted by molar-refractivity contribution is 5.80. The van der Waals surface area contributed by atoms with Crippen molar-refractivity contribution in [2.45, 2.75) is 83.7 Å². The number of hydrogen-bond donors (Lipinski definition) is 0. The number of carbonyl (C=O) groups excluding carboxylic acids is 1. The lowest BCUT2D eigenvalue weighted by atomic mass is 9.93. The van der Waals surface area contributed by atoms with E-state index in [-0.39, 0.29) is 18.0 Å². The van der Waals surface area contributed by atoms with Gasteiger partial charge in [0.15, 0.2) is 0 Å². The largest absolute Gasteiger partial charge is 0.462 e. The average Bonchev–Trinajstić information content (AvgIpc) is 2.91. The summed E-state index contributed by atoms with van der Waals surface area (Å²) >= 11 is 0. The van der Waals surface area contributed by atoms with Crippen molar-refractivity contribution in [1.29, 1.82) is 0 Å². The van der Waals surface area contributed by atoms with E-state index >= 15 is 0 Å². The quantitative estimate of drug-likeness (QED) is 0.451. The Kier molecular flexibility index (Phi) is 6.95. The van der Waals surface area contributed by atoms with Crippen LogP contribution in [0.4, 0.5) is 0 Å². The fourth-order valence-corrected chi connectivity index (χ4v) is 3.20. The molecule has 2 heteroatoms. The Balaban J connectivity index is 1.85. The summed E-state index contributed by atoms with van der Waals surface area (Å²) in [5.74, 6) is -0.0711. The molecule has 0 saturated carbocycles. The summed E-state index contributed by atoms with van der Waals surface area (Å²) in [6.45, 7) is 4.43. The maximum absolute atomic E-state index is 12.1. The van der Waals surface area contributed by atoms with Crippen LogP contribution < -0.4 is 0 Å². The number of rotatable bonds is 9. The second kappa shape index (κ2) is 8.97. The normalized spacial score (nSPS) is 21.1. The van der Waals surface area contributed by atoms with E-state index in [2.05, 4.69) is 38.1 Å². The Morgan fingerprint density at radius 1 is 1.00 bits per heavy atom. The molecule has 0 amide bonds. The van der Waals surface area contributed by atoms with Crippen LogP contribution in [0.2, 0.25) is 0 Å². The van der Waals surface area contributed by atoms with Gasteiger partial charge in [-0.1, -0.05) is 63.8 Å². The van der Waals surface area contributed by atoms with Crippen molar-refractivity contribution in [1.82, 2.24) is 0 Å². The topological polar surface area (TPSA) is 26.3 Å². The zero-order valence-corrected chi connectivity index (χ0v) is 14.1. The molecule has 1 aromatic carbocycles. The molecule has 1 aliphatic heterocycles. The second-order valence-corrected chi connectivity index (χ2v) is 6.54. The lowest BCUT2D eigenvalue weighted by Crippen LogP contribution is -2.06. The summed E-state index contributed by atoms with van der Waals surface area (Å²) in [7, 11) is 0. The molecule has 0 spiro atoms. The Morgan fingerprint density at radius 2 is 1.73 bits per heavy atom. The van der Waals surface area contributed by atoms with E-state index in [0.29, 0.717) is 0 Å². The lowest BCUT2D eigenvalue weighted by molar-refractivity contribution is -0.142. The molecular formula is C20H30O2. The molecule has 1 saturated heterocycles. The van der Waals surface area contributed by atoms with Crippen LogP contribution in [-0.4, -0.2) is 12.1 Å². The molecule has 1 aromatic rings. The minimum absolute atomic E-state index is 0.0261. The first kappa shape index (κ1) is 17.1. The maximum Gasteiger partial charge on any atom is 0.313 e. The summed E-state index contributed by atoms with van der Waals surface area (Å²) in [6, 6.07) is 8.59. The Morgan fingerprint density at radius 3 is 2.41 bits per heavy atom. The van der Waals surface area contributed by atoms with Crippen LogP contribution >= 0.6 is 0 Å². The predicted molar refractivity (Wildman–Crippen MR) is 91.1 cm³/mol. The molecule has 2 rings (SSSR count). The monoisotopic (exact) mass is 302 g/mol. The van der Waals surface area contributed by atoms with E-state index in [1.54, 1.807) is 0 Å². The molecule has 0 unspecified atom stereocenters. The van der Waals surface area contributed by atoms with Gasteiger partial charge in [-0.05, 0) is 36.8 Å². The first-order valence-corrected chi connectivity index (χ1v) is 9.04. The van der Waals surface area contributed by atoms with Gasteiger partial charge in [-0.2, -0.15) is 0 Å². The van der Waals surface area contributed by atoms with Crippen LogP contribution in [0.15, 0.2) is 24.3 Å². The van der Waals surface area contributed by atoms with Gasteiger partial charge in [0.1, 0.15) is 6.10 Å². The number of esters is 1. The van der Waals surface area contributed by atoms with Crippen molar-refractivity contribution < 1.29 is 9.53 Å². The van der Waals surface area contributed by atoms with Gasteiger partial charge < -0.3 is 4.74 Å². The fourth-order valence-electron chi connectivity index (χ4n) is 3.20. The van der Waals surface area contributed by atoms with Gasteiger partial charge in [-0.25, -0.2) is 0 Å². The molecule has 0 aliphatic carbocycles. The highest BCUT2D eigenvalue weighted by atomic mass is 16.5. The molecular weight excluding hydrogens is 272 g/mol. The molecule has 0 radical (unpaired) electrons. The third-order valence-corrected chi connectivity index (χ3v) is 4.65. The van der Waals surface area contributed by atoms with Crippen molar-refractivity contribution in [2.75, 3.05) is 0 Å². The first-order chi connectivity index (χ1) is 10.7. The number of hydrogen-bond acceptors (Lipinski definition) is 2. The van der Waals surface area contributed by atoms with E-state index in [1.165, 1.54) is 44.1 Å². The molecule has 122 valence electrons. The Hall–Kier alpha value is -1.31. The highest BCUT2D eigenvalue weighted by Crippen LogP contribution is 2.33. The number of cyclic esters (lactones) is 1. The van der Waals surface area contributed by atoms with Crippen LogP contribution in [0.3, 0.4) is 0 Å². The molecule has 1 heterocycles. The lowest BCUT2D eigenvalue weighted by Gasteiger charge is -2.08.